The molecule has 0 spiro atoms. The quantitative estimate of drug-likeness (QED) is 0.201. The predicted molar refractivity (Wildman–Crippen MR) is 170 cm³/mol. The van der Waals surface area contributed by atoms with E-state index in [-0.39, 0.29) is 36.6 Å². The second kappa shape index (κ2) is 12.3. The zero-order valence-electron chi connectivity index (χ0n) is 26.3. The molecule has 0 fully saturated rings. The maximum absolute atomic E-state index is 11.5. The van der Waals surface area contributed by atoms with Crippen molar-refractivity contribution >= 4 is 21.5 Å². The van der Waals surface area contributed by atoms with Crippen molar-refractivity contribution in [3.8, 4) is 0 Å². The molecule has 3 atom stereocenters. The molecule has 8 bridgehead atoms. The molecular weight excluding hydrogens is 540 g/mol. The number of hydrogen-bond donors (Lipinski definition) is 4. The Bertz CT molecular complexity index is 1610. The molecule has 0 aromatic heterocycles. The standard InChI is InChI=1S/C37H46O6/c1-36(2,3)18-22-15-26-21-43-35(41)33-25(19-38)8-7-23-17-24(9-10-28(23)33)32(37(4,5)6)13-14-42-34(40)29-12-11-27(26)30(16-22)31(29)20-39/h7-12,15-17,32,34-35,38-41H,13-14,18-21H2,1-6H3/t32-,34?,35?/m1/s1. The van der Waals surface area contributed by atoms with E-state index < -0.39 is 12.6 Å². The summed E-state index contributed by atoms with van der Waals surface area (Å²) in [5.41, 5.74) is 5.37. The third-order valence-corrected chi connectivity index (χ3v) is 8.71. The van der Waals surface area contributed by atoms with Crippen LogP contribution in [0, 0.1) is 10.8 Å². The molecule has 43 heavy (non-hydrogen) atoms. The lowest BCUT2D eigenvalue weighted by atomic mass is 9.74. The predicted octanol–water partition coefficient (Wildman–Crippen LogP) is 7.31. The Morgan fingerprint density at radius 3 is 2.19 bits per heavy atom. The third-order valence-electron chi connectivity index (χ3n) is 8.71. The topological polar surface area (TPSA) is 99.4 Å². The minimum absolute atomic E-state index is 0.0140. The van der Waals surface area contributed by atoms with Crippen LogP contribution >= 0.6 is 0 Å². The van der Waals surface area contributed by atoms with Gasteiger partial charge in [0.2, 0.25) is 0 Å². The summed E-state index contributed by atoms with van der Waals surface area (Å²) in [7, 11) is 0. The van der Waals surface area contributed by atoms with Gasteiger partial charge >= 0.3 is 0 Å². The fraction of sp³-hybridized carbons (Fsp3) is 0.459. The van der Waals surface area contributed by atoms with E-state index in [0.717, 1.165) is 44.7 Å². The molecule has 0 radical (unpaired) electrons. The van der Waals surface area contributed by atoms with Crippen LogP contribution in [-0.4, -0.2) is 27.0 Å². The zero-order chi connectivity index (χ0) is 31.1. The van der Waals surface area contributed by atoms with Crippen molar-refractivity contribution in [1.29, 1.82) is 0 Å². The highest BCUT2D eigenvalue weighted by Crippen LogP contribution is 2.41. The Hall–Kier alpha value is -2.84. The summed E-state index contributed by atoms with van der Waals surface area (Å²) in [4.78, 5) is 0. The minimum atomic E-state index is -1.26. The Labute approximate surface area is 254 Å². The van der Waals surface area contributed by atoms with Crippen molar-refractivity contribution in [2.45, 2.75) is 92.7 Å². The molecule has 0 saturated heterocycles. The fourth-order valence-corrected chi connectivity index (χ4v) is 6.70. The van der Waals surface area contributed by atoms with Crippen LogP contribution in [0.3, 0.4) is 0 Å². The smallest absolute Gasteiger partial charge is 0.182 e. The van der Waals surface area contributed by atoms with Crippen LogP contribution < -0.4 is 0 Å². The highest BCUT2D eigenvalue weighted by atomic mass is 16.6. The molecule has 0 amide bonds. The van der Waals surface area contributed by atoms with E-state index in [1.807, 2.05) is 30.3 Å². The number of benzene rings is 4. The van der Waals surface area contributed by atoms with Gasteiger partial charge in [-0.05, 0) is 79.0 Å². The SMILES string of the molecule is CC(C)(C)Cc1cc2c3ccc(c(CO)c3c1)C(O)OCC[C@@H](C(C)(C)C)c1ccc3c(c(CO)ccc3c1)C(O)OC2. The third kappa shape index (κ3) is 6.65. The average Bonchev–Trinajstić information content (AvgIpc) is 2.94. The molecule has 6 heteroatoms. The first-order chi connectivity index (χ1) is 20.3. The maximum atomic E-state index is 11.5. The van der Waals surface area contributed by atoms with Crippen LogP contribution in [0.1, 0.15) is 105 Å². The summed E-state index contributed by atoms with van der Waals surface area (Å²) in [6.45, 7) is 13.1. The Balaban J connectivity index is 1.70. The van der Waals surface area contributed by atoms with Gasteiger partial charge in [-0.3, -0.25) is 0 Å². The normalized spacial score (nSPS) is 20.4. The fourth-order valence-electron chi connectivity index (χ4n) is 6.70. The van der Waals surface area contributed by atoms with E-state index in [1.54, 1.807) is 0 Å². The molecule has 4 aliphatic heterocycles. The van der Waals surface area contributed by atoms with Crippen LogP contribution in [0.4, 0.5) is 0 Å². The van der Waals surface area contributed by atoms with Crippen LogP contribution in [0.25, 0.3) is 21.5 Å². The lowest BCUT2D eigenvalue weighted by Gasteiger charge is -2.32. The number of hydrogen-bond acceptors (Lipinski definition) is 6. The average molecular weight is 587 g/mol. The summed E-state index contributed by atoms with van der Waals surface area (Å²) in [6.07, 6.45) is -0.973. The van der Waals surface area contributed by atoms with Gasteiger partial charge in [-0.15, -0.1) is 0 Å². The first-order valence-corrected chi connectivity index (χ1v) is 15.2. The van der Waals surface area contributed by atoms with Gasteiger partial charge in [0.15, 0.2) is 12.6 Å². The van der Waals surface area contributed by atoms with Crippen LogP contribution in [0.5, 0.6) is 0 Å². The second-order valence-electron chi connectivity index (χ2n) is 14.2. The molecule has 8 rings (SSSR count). The number of ether oxygens (including phenoxy) is 2. The van der Waals surface area contributed by atoms with Crippen LogP contribution in [0.2, 0.25) is 0 Å². The molecule has 4 aromatic rings. The molecule has 4 N–H and O–H groups in total. The largest absolute Gasteiger partial charge is 0.392 e. The molecule has 0 aliphatic carbocycles. The van der Waals surface area contributed by atoms with Crippen molar-refractivity contribution < 1.29 is 29.9 Å². The van der Waals surface area contributed by atoms with E-state index in [0.29, 0.717) is 35.3 Å². The molecule has 4 aliphatic rings. The van der Waals surface area contributed by atoms with Gasteiger partial charge in [0.25, 0.3) is 0 Å². The van der Waals surface area contributed by atoms with Gasteiger partial charge in [0.1, 0.15) is 0 Å². The number of rotatable bonds is 3. The van der Waals surface area contributed by atoms with E-state index in [1.165, 1.54) is 0 Å². The molecule has 4 heterocycles. The Morgan fingerprint density at radius 2 is 1.51 bits per heavy atom. The van der Waals surface area contributed by atoms with Crippen LogP contribution in [0.15, 0.2) is 54.6 Å². The highest BCUT2D eigenvalue weighted by Gasteiger charge is 2.28. The molecular formula is C37H46O6. The first-order valence-electron chi connectivity index (χ1n) is 15.2. The molecule has 4 aromatic carbocycles. The monoisotopic (exact) mass is 586 g/mol. The van der Waals surface area contributed by atoms with E-state index in [4.69, 9.17) is 9.47 Å². The van der Waals surface area contributed by atoms with E-state index in [2.05, 4.69) is 65.8 Å². The molecule has 2 unspecified atom stereocenters. The minimum Gasteiger partial charge on any atom is -0.392 e. The van der Waals surface area contributed by atoms with Gasteiger partial charge in [0, 0.05) is 11.1 Å². The summed E-state index contributed by atoms with van der Waals surface area (Å²) in [5.74, 6) is 0.126. The van der Waals surface area contributed by atoms with Crippen molar-refractivity contribution in [3.63, 3.8) is 0 Å². The van der Waals surface area contributed by atoms with Crippen molar-refractivity contribution in [1.82, 2.24) is 0 Å². The van der Waals surface area contributed by atoms with Crippen molar-refractivity contribution in [2.24, 2.45) is 10.8 Å². The van der Waals surface area contributed by atoms with Crippen molar-refractivity contribution in [3.05, 3.63) is 93.5 Å². The number of aliphatic hydroxyl groups is 4. The highest BCUT2D eigenvalue weighted by molar-refractivity contribution is 5.90. The van der Waals surface area contributed by atoms with Crippen molar-refractivity contribution in [2.75, 3.05) is 6.61 Å². The van der Waals surface area contributed by atoms with Gasteiger partial charge in [0.05, 0.1) is 26.4 Å². The molecule has 230 valence electrons. The van der Waals surface area contributed by atoms with Gasteiger partial charge in [-0.1, -0.05) is 96.1 Å². The Morgan fingerprint density at radius 1 is 0.767 bits per heavy atom. The zero-order valence-corrected chi connectivity index (χ0v) is 26.3. The van der Waals surface area contributed by atoms with Gasteiger partial charge < -0.3 is 29.9 Å². The molecule has 0 saturated carbocycles. The lowest BCUT2D eigenvalue weighted by Crippen LogP contribution is -2.21. The summed E-state index contributed by atoms with van der Waals surface area (Å²) in [6, 6.07) is 18.0. The van der Waals surface area contributed by atoms with E-state index in [9.17, 15) is 20.4 Å². The summed E-state index contributed by atoms with van der Waals surface area (Å²) in [5, 5.41) is 47.0. The van der Waals surface area contributed by atoms with Crippen LogP contribution in [-0.2, 0) is 35.7 Å². The lowest BCUT2D eigenvalue weighted by molar-refractivity contribution is -0.111. The molecule has 6 nitrogen and oxygen atoms in total. The maximum Gasteiger partial charge on any atom is 0.182 e. The number of aliphatic hydroxyl groups excluding tert-OH is 4. The second-order valence-corrected chi connectivity index (χ2v) is 14.2. The van der Waals surface area contributed by atoms with Gasteiger partial charge in [-0.25, -0.2) is 0 Å². The first kappa shape index (κ1) is 31.6. The van der Waals surface area contributed by atoms with E-state index >= 15 is 0 Å². The Kier molecular flexibility index (Phi) is 9.01. The van der Waals surface area contributed by atoms with Gasteiger partial charge in [-0.2, -0.15) is 0 Å². The summed E-state index contributed by atoms with van der Waals surface area (Å²) >= 11 is 0. The summed E-state index contributed by atoms with van der Waals surface area (Å²) < 4.78 is 12.2.